The maximum atomic E-state index is 12.7. The largest absolute Gasteiger partial charge is 0.478 e. The number of hydrogen-bond donors (Lipinski definition) is 1. The van der Waals surface area contributed by atoms with Gasteiger partial charge < -0.3 is 19.9 Å². The third kappa shape index (κ3) is 5.10. The molecule has 0 unspecified atom stereocenters. The Morgan fingerprint density at radius 1 is 1.14 bits per heavy atom. The van der Waals surface area contributed by atoms with E-state index in [0.717, 1.165) is 11.4 Å². The molecule has 0 atom stereocenters. The van der Waals surface area contributed by atoms with E-state index in [2.05, 4.69) is 21.9 Å². The van der Waals surface area contributed by atoms with Gasteiger partial charge in [-0.25, -0.2) is 4.98 Å². The monoisotopic (exact) mass is 395 g/mol. The Morgan fingerprint density at radius 3 is 2.41 bits per heavy atom. The van der Waals surface area contributed by atoms with Crippen molar-refractivity contribution in [3.8, 4) is 5.88 Å². The van der Waals surface area contributed by atoms with Gasteiger partial charge in [0.05, 0.1) is 6.61 Å². The third-order valence-corrected chi connectivity index (χ3v) is 4.56. The zero-order chi connectivity index (χ0) is 20.8. The van der Waals surface area contributed by atoms with Crippen LogP contribution in [0, 0.1) is 6.92 Å². The van der Waals surface area contributed by atoms with Crippen LogP contribution in [0.2, 0.25) is 0 Å². The molecule has 0 bridgehead atoms. The number of nitrogens with zero attached hydrogens (tertiary/aromatic N) is 4. The van der Waals surface area contributed by atoms with Crippen LogP contribution in [0.1, 0.15) is 23.0 Å². The van der Waals surface area contributed by atoms with Gasteiger partial charge in [0.2, 0.25) is 17.7 Å². The van der Waals surface area contributed by atoms with Gasteiger partial charge in [-0.2, -0.15) is 4.98 Å². The summed E-state index contributed by atoms with van der Waals surface area (Å²) in [6, 6.07) is 8.95. The molecule has 8 heteroatoms. The van der Waals surface area contributed by atoms with E-state index in [1.54, 1.807) is 28.0 Å². The van der Waals surface area contributed by atoms with Crippen LogP contribution < -0.4 is 10.1 Å². The first-order valence-electron chi connectivity index (χ1n) is 9.56. The summed E-state index contributed by atoms with van der Waals surface area (Å²) >= 11 is 0. The van der Waals surface area contributed by atoms with Gasteiger partial charge in [-0.1, -0.05) is 6.58 Å². The number of rotatable bonds is 6. The highest BCUT2D eigenvalue weighted by Crippen LogP contribution is 2.18. The highest BCUT2D eigenvalue weighted by Gasteiger charge is 2.23. The molecular formula is C21H25N5O3. The molecule has 2 aromatic rings. The van der Waals surface area contributed by atoms with Crippen LogP contribution in [0.4, 0.5) is 11.6 Å². The van der Waals surface area contributed by atoms with Crippen molar-refractivity contribution in [2.45, 2.75) is 13.8 Å². The molecule has 0 radical (unpaired) electrons. The zero-order valence-electron chi connectivity index (χ0n) is 16.7. The number of carbonyl (C=O) groups excluding carboxylic acids is 2. The van der Waals surface area contributed by atoms with E-state index in [0.29, 0.717) is 50.2 Å². The van der Waals surface area contributed by atoms with Crippen molar-refractivity contribution in [3.63, 3.8) is 0 Å². The van der Waals surface area contributed by atoms with E-state index in [1.165, 1.54) is 6.08 Å². The summed E-state index contributed by atoms with van der Waals surface area (Å²) in [6.45, 7) is 9.86. The van der Waals surface area contributed by atoms with E-state index < -0.39 is 0 Å². The predicted molar refractivity (Wildman–Crippen MR) is 110 cm³/mol. The first-order valence-corrected chi connectivity index (χ1v) is 9.56. The van der Waals surface area contributed by atoms with Crippen molar-refractivity contribution in [2.24, 2.45) is 0 Å². The first-order chi connectivity index (χ1) is 14.0. The van der Waals surface area contributed by atoms with Crippen molar-refractivity contribution < 1.29 is 14.3 Å². The van der Waals surface area contributed by atoms with Gasteiger partial charge >= 0.3 is 0 Å². The molecule has 0 aliphatic carbocycles. The van der Waals surface area contributed by atoms with E-state index in [1.807, 2.05) is 26.0 Å². The Bertz CT molecular complexity index is 890. The van der Waals surface area contributed by atoms with E-state index in [4.69, 9.17) is 4.74 Å². The average Bonchev–Trinajstić information content (AvgIpc) is 2.73. The minimum Gasteiger partial charge on any atom is -0.478 e. The molecule has 1 aromatic carbocycles. The normalized spacial score (nSPS) is 13.7. The molecule has 3 rings (SSSR count). The number of nitrogens with one attached hydrogen (secondary N) is 1. The third-order valence-electron chi connectivity index (χ3n) is 4.56. The number of piperazine rings is 1. The summed E-state index contributed by atoms with van der Waals surface area (Å²) in [5.41, 5.74) is 2.17. The van der Waals surface area contributed by atoms with Crippen molar-refractivity contribution in [3.05, 3.63) is 54.2 Å². The molecule has 8 nitrogen and oxygen atoms in total. The van der Waals surface area contributed by atoms with E-state index in [-0.39, 0.29) is 11.8 Å². The van der Waals surface area contributed by atoms with Crippen molar-refractivity contribution in [1.29, 1.82) is 0 Å². The quantitative estimate of drug-likeness (QED) is 0.756. The van der Waals surface area contributed by atoms with Crippen LogP contribution in [0.15, 0.2) is 43.0 Å². The number of anilines is 2. The Labute approximate surface area is 170 Å². The van der Waals surface area contributed by atoms with Crippen LogP contribution in [0.5, 0.6) is 5.88 Å². The van der Waals surface area contributed by atoms with Gasteiger partial charge in [-0.05, 0) is 44.2 Å². The SMILES string of the molecule is C=CC(=O)N1CCN(C(=O)c2ccc(Nc3nc(C)cc(OCC)n3)cc2)CC1. The van der Waals surface area contributed by atoms with Gasteiger partial charge in [0.15, 0.2) is 0 Å². The average molecular weight is 395 g/mol. The second-order valence-electron chi connectivity index (χ2n) is 6.63. The summed E-state index contributed by atoms with van der Waals surface area (Å²) < 4.78 is 5.44. The molecule has 1 aliphatic heterocycles. The lowest BCUT2D eigenvalue weighted by Crippen LogP contribution is -2.50. The molecule has 1 aromatic heterocycles. The first kappa shape index (κ1) is 20.3. The van der Waals surface area contributed by atoms with E-state index >= 15 is 0 Å². The molecular weight excluding hydrogens is 370 g/mol. The number of aromatic nitrogens is 2. The fourth-order valence-corrected chi connectivity index (χ4v) is 3.08. The van der Waals surface area contributed by atoms with Crippen molar-refractivity contribution in [2.75, 3.05) is 38.1 Å². The standard InChI is InChI=1S/C21H25N5O3/c1-4-19(27)25-10-12-26(13-11-25)20(28)16-6-8-17(9-7-16)23-21-22-15(3)14-18(24-21)29-5-2/h4,6-9,14H,1,5,10-13H2,2-3H3,(H,22,23,24). The summed E-state index contributed by atoms with van der Waals surface area (Å²) in [5, 5.41) is 3.13. The molecule has 29 heavy (non-hydrogen) atoms. The number of ether oxygens (including phenoxy) is 1. The van der Waals surface area contributed by atoms with Gasteiger partial charge in [0.1, 0.15) is 0 Å². The van der Waals surface area contributed by atoms with E-state index in [9.17, 15) is 9.59 Å². The summed E-state index contributed by atoms with van der Waals surface area (Å²) in [7, 11) is 0. The molecule has 1 fully saturated rings. The molecule has 0 spiro atoms. The smallest absolute Gasteiger partial charge is 0.253 e. The van der Waals surface area contributed by atoms with Crippen LogP contribution >= 0.6 is 0 Å². The minimum absolute atomic E-state index is 0.0484. The van der Waals surface area contributed by atoms with Gasteiger partial charge in [0.25, 0.3) is 5.91 Å². The molecule has 1 N–H and O–H groups in total. The van der Waals surface area contributed by atoms with Crippen LogP contribution in [0.25, 0.3) is 0 Å². The Hall–Kier alpha value is -3.42. The Kier molecular flexibility index (Phi) is 6.43. The van der Waals surface area contributed by atoms with Gasteiger partial charge in [-0.3, -0.25) is 9.59 Å². The highest BCUT2D eigenvalue weighted by molar-refractivity contribution is 5.95. The lowest BCUT2D eigenvalue weighted by Gasteiger charge is -2.34. The lowest BCUT2D eigenvalue weighted by molar-refractivity contribution is -0.127. The Morgan fingerprint density at radius 2 is 1.79 bits per heavy atom. The maximum Gasteiger partial charge on any atom is 0.253 e. The van der Waals surface area contributed by atoms with Gasteiger partial charge in [-0.15, -0.1) is 0 Å². The number of amides is 2. The molecule has 2 amide bonds. The number of benzene rings is 1. The molecule has 1 saturated heterocycles. The van der Waals surface area contributed by atoms with Crippen LogP contribution in [-0.4, -0.2) is 64.4 Å². The summed E-state index contributed by atoms with van der Waals surface area (Å²) in [4.78, 5) is 36.5. The highest BCUT2D eigenvalue weighted by atomic mass is 16.5. The summed E-state index contributed by atoms with van der Waals surface area (Å²) in [5.74, 6) is 0.810. The zero-order valence-corrected chi connectivity index (χ0v) is 16.7. The van der Waals surface area contributed by atoms with Crippen molar-refractivity contribution in [1.82, 2.24) is 19.8 Å². The molecule has 2 heterocycles. The fourth-order valence-electron chi connectivity index (χ4n) is 3.08. The van der Waals surface area contributed by atoms with Crippen LogP contribution in [-0.2, 0) is 4.79 Å². The predicted octanol–water partition coefficient (Wildman–Crippen LogP) is 2.40. The Balaban J connectivity index is 1.62. The second-order valence-corrected chi connectivity index (χ2v) is 6.63. The minimum atomic E-state index is -0.0987. The molecule has 0 saturated carbocycles. The van der Waals surface area contributed by atoms with Crippen molar-refractivity contribution >= 4 is 23.5 Å². The number of hydrogen-bond acceptors (Lipinski definition) is 6. The van der Waals surface area contributed by atoms with Gasteiger partial charge in [0, 0.05) is 49.2 Å². The fraction of sp³-hybridized carbons (Fsp3) is 0.333. The number of carbonyl (C=O) groups is 2. The summed E-state index contributed by atoms with van der Waals surface area (Å²) in [6.07, 6.45) is 1.30. The topological polar surface area (TPSA) is 87.7 Å². The molecule has 152 valence electrons. The lowest BCUT2D eigenvalue weighted by atomic mass is 10.1. The second kappa shape index (κ2) is 9.18. The number of aryl methyl sites for hydroxylation is 1. The van der Waals surface area contributed by atoms with Crippen LogP contribution in [0.3, 0.4) is 0 Å². The molecule has 1 aliphatic rings. The maximum absolute atomic E-state index is 12.7.